The summed E-state index contributed by atoms with van der Waals surface area (Å²) in [6.07, 6.45) is 4.13. The van der Waals surface area contributed by atoms with E-state index in [1.165, 1.54) is 25.5 Å². The van der Waals surface area contributed by atoms with Crippen molar-refractivity contribution in [2.24, 2.45) is 0 Å². The molecule has 0 bridgehead atoms. The molecular formula is C12H11NO2S3. The van der Waals surface area contributed by atoms with Gasteiger partial charge in [-0.25, -0.2) is 0 Å². The quantitative estimate of drug-likeness (QED) is 0.585. The first-order valence-electron chi connectivity index (χ1n) is 5.17. The fourth-order valence-corrected chi connectivity index (χ4v) is 5.02. The summed E-state index contributed by atoms with van der Waals surface area (Å²) in [4.78, 5) is 11.5. The largest absolute Gasteiger partial charge is 0.269 e. The van der Waals surface area contributed by atoms with Crippen LogP contribution in [0, 0.1) is 10.1 Å². The highest BCUT2D eigenvalue weighted by atomic mass is 32.2. The average Bonchev–Trinajstić information content (AvgIpc) is 2.70. The lowest BCUT2D eigenvalue weighted by molar-refractivity contribution is -0.384. The van der Waals surface area contributed by atoms with E-state index in [2.05, 4.69) is 19.3 Å². The van der Waals surface area contributed by atoms with Gasteiger partial charge in [-0.1, -0.05) is 23.5 Å². The van der Waals surface area contributed by atoms with Crippen LogP contribution in [0.15, 0.2) is 37.6 Å². The van der Waals surface area contributed by atoms with Crippen molar-refractivity contribution in [1.29, 1.82) is 0 Å². The number of non-ortho nitro benzene ring substituents is 1. The molecule has 1 aromatic carbocycles. The van der Waals surface area contributed by atoms with Gasteiger partial charge in [0, 0.05) is 17.0 Å². The molecule has 1 aromatic rings. The van der Waals surface area contributed by atoms with Gasteiger partial charge in [0.25, 0.3) is 5.69 Å². The molecule has 0 spiro atoms. The van der Waals surface area contributed by atoms with Gasteiger partial charge >= 0.3 is 0 Å². The van der Waals surface area contributed by atoms with Crippen molar-refractivity contribution in [2.75, 3.05) is 6.26 Å². The monoisotopic (exact) mass is 297 g/mol. The normalized spacial score (nSPS) is 17.6. The van der Waals surface area contributed by atoms with E-state index in [-0.39, 0.29) is 10.6 Å². The number of nitro benzene ring substituents is 1. The van der Waals surface area contributed by atoms with E-state index in [0.717, 1.165) is 5.56 Å². The number of allylic oxidation sites excluding steroid dienone is 1. The van der Waals surface area contributed by atoms with Crippen LogP contribution in [-0.4, -0.2) is 11.2 Å². The van der Waals surface area contributed by atoms with Gasteiger partial charge in [-0.15, -0.1) is 11.8 Å². The van der Waals surface area contributed by atoms with Gasteiger partial charge in [0.2, 0.25) is 0 Å². The number of nitro groups is 1. The highest BCUT2D eigenvalue weighted by Gasteiger charge is 2.16. The molecule has 3 nitrogen and oxygen atoms in total. The Kier molecular flexibility index (Phi) is 4.42. The molecule has 2 rings (SSSR count). The molecule has 0 amide bonds. The standard InChI is InChI=1S/C12H11NO2S3/c1-8-12(16-2)18-11(17-8)7-9-3-5-10(6-4-9)13(14)15/h3-7H,1-2H3/b11-7-. The molecule has 0 radical (unpaired) electrons. The molecule has 94 valence electrons. The zero-order chi connectivity index (χ0) is 13.1. The van der Waals surface area contributed by atoms with Gasteiger partial charge in [-0.05, 0) is 37.0 Å². The molecule has 1 heterocycles. The maximum atomic E-state index is 10.6. The summed E-state index contributed by atoms with van der Waals surface area (Å²) in [5.74, 6) is 0. The van der Waals surface area contributed by atoms with Gasteiger partial charge < -0.3 is 0 Å². The molecule has 0 fully saturated rings. The van der Waals surface area contributed by atoms with Crippen LogP contribution in [0.5, 0.6) is 0 Å². The second-order valence-electron chi connectivity index (χ2n) is 3.56. The molecule has 18 heavy (non-hydrogen) atoms. The van der Waals surface area contributed by atoms with Crippen LogP contribution in [0.4, 0.5) is 5.69 Å². The number of nitrogens with zero attached hydrogens (tertiary/aromatic N) is 1. The minimum Gasteiger partial charge on any atom is -0.258 e. The molecule has 0 atom stereocenters. The van der Waals surface area contributed by atoms with Gasteiger partial charge in [-0.2, -0.15) is 0 Å². The Balaban J connectivity index is 2.13. The van der Waals surface area contributed by atoms with Gasteiger partial charge in [0.05, 0.1) is 13.4 Å². The molecule has 0 N–H and O–H groups in total. The second kappa shape index (κ2) is 5.86. The van der Waals surface area contributed by atoms with Gasteiger partial charge in [-0.3, -0.25) is 10.1 Å². The smallest absolute Gasteiger partial charge is 0.258 e. The maximum Gasteiger partial charge on any atom is 0.269 e. The first-order chi connectivity index (χ1) is 8.60. The van der Waals surface area contributed by atoms with E-state index in [4.69, 9.17) is 0 Å². The highest BCUT2D eigenvalue weighted by molar-refractivity contribution is 8.35. The fraction of sp³-hybridized carbons (Fsp3) is 0.167. The Morgan fingerprint density at radius 3 is 2.44 bits per heavy atom. The van der Waals surface area contributed by atoms with Crippen molar-refractivity contribution in [3.8, 4) is 0 Å². The number of hydrogen-bond acceptors (Lipinski definition) is 5. The van der Waals surface area contributed by atoms with E-state index in [1.54, 1.807) is 47.4 Å². The zero-order valence-electron chi connectivity index (χ0n) is 9.88. The number of benzene rings is 1. The van der Waals surface area contributed by atoms with Crippen molar-refractivity contribution in [2.45, 2.75) is 6.92 Å². The Morgan fingerprint density at radius 1 is 1.28 bits per heavy atom. The van der Waals surface area contributed by atoms with E-state index in [9.17, 15) is 10.1 Å². The average molecular weight is 297 g/mol. The summed E-state index contributed by atoms with van der Waals surface area (Å²) in [6, 6.07) is 6.62. The molecule has 1 aliphatic heterocycles. The van der Waals surface area contributed by atoms with Crippen molar-refractivity contribution in [1.82, 2.24) is 0 Å². The molecule has 0 aliphatic carbocycles. The first-order valence-corrected chi connectivity index (χ1v) is 8.02. The van der Waals surface area contributed by atoms with Crippen LogP contribution in [-0.2, 0) is 0 Å². The van der Waals surface area contributed by atoms with Crippen molar-refractivity contribution in [3.05, 3.63) is 53.3 Å². The molecule has 0 saturated carbocycles. The summed E-state index contributed by atoms with van der Waals surface area (Å²) < 4.78 is 2.54. The third-order valence-electron chi connectivity index (χ3n) is 2.31. The topological polar surface area (TPSA) is 43.1 Å². The molecule has 0 unspecified atom stereocenters. The van der Waals surface area contributed by atoms with Crippen LogP contribution >= 0.6 is 35.3 Å². The van der Waals surface area contributed by atoms with Crippen molar-refractivity contribution < 1.29 is 4.92 Å². The SMILES string of the molecule is CSC1=C(C)S/C(=C/c2ccc([N+](=O)[O-])cc2)S1. The summed E-state index contributed by atoms with van der Waals surface area (Å²) >= 11 is 5.26. The van der Waals surface area contributed by atoms with E-state index in [0.29, 0.717) is 0 Å². The van der Waals surface area contributed by atoms with Gasteiger partial charge in [0.15, 0.2) is 0 Å². The van der Waals surface area contributed by atoms with Crippen molar-refractivity contribution >= 4 is 47.0 Å². The molecular weight excluding hydrogens is 286 g/mol. The molecule has 6 heteroatoms. The number of hydrogen-bond donors (Lipinski definition) is 0. The molecule has 0 aromatic heterocycles. The Morgan fingerprint density at radius 2 is 1.94 bits per heavy atom. The Labute approximate surface area is 118 Å². The lowest BCUT2D eigenvalue weighted by Crippen LogP contribution is -1.86. The van der Waals surface area contributed by atoms with E-state index in [1.807, 2.05) is 0 Å². The summed E-state index contributed by atoms with van der Waals surface area (Å²) in [5, 5.41) is 10.6. The maximum absolute atomic E-state index is 10.6. The van der Waals surface area contributed by atoms with E-state index < -0.39 is 0 Å². The predicted molar refractivity (Wildman–Crippen MR) is 82.5 cm³/mol. The summed E-state index contributed by atoms with van der Waals surface area (Å²) in [7, 11) is 0. The third-order valence-corrected chi connectivity index (χ3v) is 6.13. The lowest BCUT2D eigenvalue weighted by atomic mass is 10.2. The minimum absolute atomic E-state index is 0.128. The van der Waals surface area contributed by atoms with Crippen LogP contribution in [0.2, 0.25) is 0 Å². The zero-order valence-corrected chi connectivity index (χ0v) is 12.3. The fourth-order valence-electron chi connectivity index (χ4n) is 1.45. The van der Waals surface area contributed by atoms with Crippen molar-refractivity contribution in [3.63, 3.8) is 0 Å². The predicted octanol–water partition coefficient (Wildman–Crippen LogP) is 4.93. The number of rotatable bonds is 3. The number of thioether (sulfide) groups is 3. The Hall–Kier alpha value is -0.850. The van der Waals surface area contributed by atoms with Crippen LogP contribution in [0.25, 0.3) is 6.08 Å². The highest BCUT2D eigenvalue weighted by Crippen LogP contribution is 2.53. The molecule has 0 saturated heterocycles. The second-order valence-corrected chi connectivity index (χ2v) is 7.21. The summed E-state index contributed by atoms with van der Waals surface area (Å²) in [5.41, 5.74) is 1.12. The van der Waals surface area contributed by atoms with Crippen LogP contribution < -0.4 is 0 Å². The lowest BCUT2D eigenvalue weighted by Gasteiger charge is -1.97. The van der Waals surface area contributed by atoms with Crippen LogP contribution in [0.3, 0.4) is 0 Å². The Bertz CT molecular complexity index is 535. The van der Waals surface area contributed by atoms with Gasteiger partial charge in [0.1, 0.15) is 0 Å². The third kappa shape index (κ3) is 3.13. The van der Waals surface area contributed by atoms with E-state index >= 15 is 0 Å². The molecule has 1 aliphatic rings. The minimum atomic E-state index is -0.381. The first kappa shape index (κ1) is 13.6. The summed E-state index contributed by atoms with van der Waals surface area (Å²) in [6.45, 7) is 2.11. The van der Waals surface area contributed by atoms with Crippen LogP contribution in [0.1, 0.15) is 12.5 Å².